The third kappa shape index (κ3) is 1.19. The summed E-state index contributed by atoms with van der Waals surface area (Å²) in [5.41, 5.74) is -1.06. The molecule has 1 saturated heterocycles. The van der Waals surface area contributed by atoms with Crippen molar-refractivity contribution in [2.75, 3.05) is 0 Å². The van der Waals surface area contributed by atoms with Crippen LogP contribution in [-0.2, 0) is 4.74 Å². The second kappa shape index (κ2) is 1.94. The van der Waals surface area contributed by atoms with Crippen LogP contribution in [0, 0.1) is 0 Å². The van der Waals surface area contributed by atoms with Gasteiger partial charge in [-0.2, -0.15) is 0 Å². The van der Waals surface area contributed by atoms with Crippen molar-refractivity contribution in [2.24, 2.45) is 0 Å². The van der Waals surface area contributed by atoms with Crippen molar-refractivity contribution in [1.29, 1.82) is 0 Å². The first-order valence-electron chi connectivity index (χ1n) is 4.46. The van der Waals surface area contributed by atoms with E-state index in [2.05, 4.69) is 12.2 Å². The van der Waals surface area contributed by atoms with Gasteiger partial charge in [0.1, 0.15) is 0 Å². The van der Waals surface area contributed by atoms with Gasteiger partial charge >= 0.3 is 0 Å². The highest BCUT2D eigenvalue weighted by atomic mass is 16.5. The van der Waals surface area contributed by atoms with Crippen LogP contribution in [-0.4, -0.2) is 21.9 Å². The summed E-state index contributed by atoms with van der Waals surface area (Å²) in [7, 11) is 0. The highest BCUT2D eigenvalue weighted by Crippen LogP contribution is 2.46. The molecule has 2 bridgehead atoms. The van der Waals surface area contributed by atoms with Crippen molar-refractivity contribution in [3.8, 4) is 0 Å². The van der Waals surface area contributed by atoms with Crippen LogP contribution in [0.15, 0.2) is 12.2 Å². The Morgan fingerprint density at radius 2 is 1.50 bits per heavy atom. The fourth-order valence-electron chi connectivity index (χ4n) is 2.72. The molecule has 0 unspecified atom stereocenters. The maximum atomic E-state index is 9.97. The molecule has 3 atom stereocenters. The molecule has 2 heteroatoms. The molecule has 2 aliphatic heterocycles. The van der Waals surface area contributed by atoms with Crippen molar-refractivity contribution < 1.29 is 9.84 Å². The van der Waals surface area contributed by atoms with Gasteiger partial charge in [-0.05, 0) is 20.8 Å². The monoisotopic (exact) mass is 168 g/mol. The molecule has 1 fully saturated rings. The van der Waals surface area contributed by atoms with Gasteiger partial charge in [0.15, 0.2) is 0 Å². The predicted octanol–water partition coefficient (Wildman–Crippen LogP) is 1.64. The van der Waals surface area contributed by atoms with Gasteiger partial charge in [-0.15, -0.1) is 0 Å². The molecule has 2 nitrogen and oxygen atoms in total. The Hall–Kier alpha value is -0.340. The average molecular weight is 168 g/mol. The van der Waals surface area contributed by atoms with Crippen LogP contribution in [0.1, 0.15) is 33.6 Å². The average Bonchev–Trinajstić information content (AvgIpc) is 1.98. The van der Waals surface area contributed by atoms with E-state index in [1.165, 1.54) is 0 Å². The summed E-state index contributed by atoms with van der Waals surface area (Å²) in [6, 6.07) is 0. The molecule has 0 spiro atoms. The second-order valence-corrected chi connectivity index (χ2v) is 4.91. The Labute approximate surface area is 73.2 Å². The van der Waals surface area contributed by atoms with Crippen molar-refractivity contribution in [3.63, 3.8) is 0 Å². The minimum Gasteiger partial charge on any atom is -0.390 e. The SMILES string of the molecule is C[C@@]1(O)C[C@]2(C)C=C[C@](C)(C1)O2. The van der Waals surface area contributed by atoms with E-state index in [1.54, 1.807) is 0 Å². The van der Waals surface area contributed by atoms with E-state index in [0.29, 0.717) is 12.8 Å². The molecule has 0 aromatic carbocycles. The zero-order valence-corrected chi connectivity index (χ0v) is 7.92. The minimum atomic E-state index is -0.578. The summed E-state index contributed by atoms with van der Waals surface area (Å²) in [6.45, 7) is 5.95. The number of fused-ring (bicyclic) bond motifs is 2. The molecular formula is C10H16O2. The highest BCUT2D eigenvalue weighted by molar-refractivity contribution is 5.21. The zero-order chi connectivity index (χ0) is 9.04. The molecule has 0 radical (unpaired) electrons. The second-order valence-electron chi connectivity index (χ2n) is 4.91. The molecule has 68 valence electrons. The molecule has 0 saturated carbocycles. The lowest BCUT2D eigenvalue weighted by Gasteiger charge is -2.44. The Morgan fingerprint density at radius 3 is 1.92 bits per heavy atom. The van der Waals surface area contributed by atoms with E-state index in [9.17, 15) is 5.11 Å². The van der Waals surface area contributed by atoms with E-state index in [1.807, 2.05) is 20.8 Å². The predicted molar refractivity (Wildman–Crippen MR) is 46.9 cm³/mol. The van der Waals surface area contributed by atoms with Crippen LogP contribution >= 0.6 is 0 Å². The summed E-state index contributed by atoms with van der Waals surface area (Å²) in [5, 5.41) is 9.97. The molecule has 0 aromatic heterocycles. The van der Waals surface area contributed by atoms with E-state index in [0.717, 1.165) is 0 Å². The fraction of sp³-hybridized carbons (Fsp3) is 0.800. The number of hydrogen-bond donors (Lipinski definition) is 1. The fourth-order valence-corrected chi connectivity index (χ4v) is 2.72. The zero-order valence-electron chi connectivity index (χ0n) is 7.92. The van der Waals surface area contributed by atoms with Crippen LogP contribution in [0.4, 0.5) is 0 Å². The largest absolute Gasteiger partial charge is 0.390 e. The quantitative estimate of drug-likeness (QED) is 0.557. The molecular weight excluding hydrogens is 152 g/mol. The summed E-state index contributed by atoms with van der Waals surface area (Å²) >= 11 is 0. The molecule has 2 aliphatic rings. The molecule has 1 N–H and O–H groups in total. The van der Waals surface area contributed by atoms with Crippen LogP contribution in [0.2, 0.25) is 0 Å². The van der Waals surface area contributed by atoms with Gasteiger partial charge in [0.2, 0.25) is 0 Å². The maximum absolute atomic E-state index is 9.97. The van der Waals surface area contributed by atoms with Gasteiger partial charge in [-0.1, -0.05) is 12.2 Å². The van der Waals surface area contributed by atoms with Crippen LogP contribution in [0.5, 0.6) is 0 Å². The van der Waals surface area contributed by atoms with Crippen LogP contribution in [0.25, 0.3) is 0 Å². The molecule has 2 heterocycles. The van der Waals surface area contributed by atoms with Gasteiger partial charge < -0.3 is 9.84 Å². The first-order valence-corrected chi connectivity index (χ1v) is 4.46. The first kappa shape index (κ1) is 8.27. The molecule has 2 rings (SSSR count). The van der Waals surface area contributed by atoms with Crippen molar-refractivity contribution in [1.82, 2.24) is 0 Å². The number of aliphatic hydroxyl groups is 1. The molecule has 0 aliphatic carbocycles. The van der Waals surface area contributed by atoms with E-state index >= 15 is 0 Å². The molecule has 12 heavy (non-hydrogen) atoms. The van der Waals surface area contributed by atoms with E-state index < -0.39 is 5.60 Å². The number of ether oxygens (including phenoxy) is 1. The van der Waals surface area contributed by atoms with Crippen LogP contribution < -0.4 is 0 Å². The molecule has 0 aromatic rings. The van der Waals surface area contributed by atoms with E-state index in [4.69, 9.17) is 4.74 Å². The van der Waals surface area contributed by atoms with Crippen LogP contribution in [0.3, 0.4) is 0 Å². The van der Waals surface area contributed by atoms with Gasteiger partial charge in [0.25, 0.3) is 0 Å². The first-order chi connectivity index (χ1) is 5.33. The maximum Gasteiger partial charge on any atom is 0.0874 e. The van der Waals surface area contributed by atoms with Crippen molar-refractivity contribution in [3.05, 3.63) is 12.2 Å². The summed E-state index contributed by atoms with van der Waals surface area (Å²) in [6.07, 6.45) is 5.56. The van der Waals surface area contributed by atoms with Crippen molar-refractivity contribution in [2.45, 2.75) is 50.4 Å². The minimum absolute atomic E-state index is 0.240. The third-order valence-electron chi connectivity index (χ3n) is 2.72. The summed E-state index contributed by atoms with van der Waals surface area (Å²) in [5.74, 6) is 0. The lowest BCUT2D eigenvalue weighted by molar-refractivity contribution is -0.176. The lowest BCUT2D eigenvalue weighted by Crippen LogP contribution is -2.49. The van der Waals surface area contributed by atoms with Crippen molar-refractivity contribution >= 4 is 0 Å². The van der Waals surface area contributed by atoms with Gasteiger partial charge in [-0.3, -0.25) is 0 Å². The molecule has 0 amide bonds. The lowest BCUT2D eigenvalue weighted by atomic mass is 9.82. The Morgan fingerprint density at radius 1 is 1.08 bits per heavy atom. The standard InChI is InChI=1S/C10H16O2/c1-8(11)6-9(2)4-5-10(3,7-8)12-9/h4-5,11H,6-7H2,1-3H3/t8-,9+,10-. The van der Waals surface area contributed by atoms with Gasteiger partial charge in [-0.25, -0.2) is 0 Å². The Bertz CT molecular complexity index is 222. The topological polar surface area (TPSA) is 29.5 Å². The summed E-state index contributed by atoms with van der Waals surface area (Å²) in [4.78, 5) is 0. The Kier molecular flexibility index (Phi) is 1.33. The normalized spacial score (nSPS) is 57.7. The highest BCUT2D eigenvalue weighted by Gasteiger charge is 2.50. The smallest absolute Gasteiger partial charge is 0.0874 e. The Balaban J connectivity index is 2.33. The number of rotatable bonds is 0. The van der Waals surface area contributed by atoms with E-state index in [-0.39, 0.29) is 11.2 Å². The van der Waals surface area contributed by atoms with Gasteiger partial charge in [0, 0.05) is 12.8 Å². The number of hydrogen-bond acceptors (Lipinski definition) is 2. The van der Waals surface area contributed by atoms with Gasteiger partial charge in [0.05, 0.1) is 16.8 Å². The third-order valence-corrected chi connectivity index (χ3v) is 2.72. The summed E-state index contributed by atoms with van der Waals surface area (Å²) < 4.78 is 5.84.